The Labute approximate surface area is 146 Å². The van der Waals surface area contributed by atoms with Gasteiger partial charge in [0.05, 0.1) is 0 Å². The third-order valence-corrected chi connectivity index (χ3v) is 5.15. The first-order chi connectivity index (χ1) is 12.0. The molecule has 2 aliphatic rings. The van der Waals surface area contributed by atoms with Crippen molar-refractivity contribution in [2.45, 2.75) is 43.8 Å². The average molecular weight is 344 g/mol. The van der Waals surface area contributed by atoms with Gasteiger partial charge in [-0.25, -0.2) is 0 Å². The van der Waals surface area contributed by atoms with Crippen molar-refractivity contribution in [2.24, 2.45) is 5.73 Å². The normalized spacial score (nSPS) is 22.6. The molecule has 2 saturated heterocycles. The van der Waals surface area contributed by atoms with Crippen molar-refractivity contribution >= 4 is 17.7 Å². The van der Waals surface area contributed by atoms with Crippen LogP contribution in [-0.2, 0) is 20.9 Å². The van der Waals surface area contributed by atoms with E-state index in [9.17, 15) is 14.4 Å². The van der Waals surface area contributed by atoms with Crippen LogP contribution in [0.25, 0.3) is 0 Å². The van der Waals surface area contributed by atoms with Crippen LogP contribution in [0.5, 0.6) is 0 Å². The van der Waals surface area contributed by atoms with Crippen molar-refractivity contribution in [1.82, 2.24) is 15.5 Å². The van der Waals surface area contributed by atoms with E-state index in [0.29, 0.717) is 38.9 Å². The molecule has 7 nitrogen and oxygen atoms in total. The second kappa shape index (κ2) is 7.23. The molecule has 2 fully saturated rings. The molecule has 4 N–H and O–H groups in total. The summed E-state index contributed by atoms with van der Waals surface area (Å²) >= 11 is 0. The highest BCUT2D eigenvalue weighted by atomic mass is 16.2. The number of nitrogens with two attached hydrogens (primary N) is 1. The van der Waals surface area contributed by atoms with Crippen LogP contribution in [-0.4, -0.2) is 47.3 Å². The van der Waals surface area contributed by atoms with Crippen molar-refractivity contribution in [1.29, 1.82) is 0 Å². The lowest BCUT2D eigenvalue weighted by molar-refractivity contribution is -0.151. The number of rotatable bonds is 5. The van der Waals surface area contributed by atoms with E-state index in [1.807, 2.05) is 30.3 Å². The predicted octanol–water partition coefficient (Wildman–Crippen LogP) is -0.0987. The maximum atomic E-state index is 13.1. The molecule has 1 atom stereocenters. The number of carbonyl (C=O) groups excluding carboxylic acids is 3. The largest absolute Gasteiger partial charge is 0.368 e. The van der Waals surface area contributed by atoms with E-state index in [-0.39, 0.29) is 18.2 Å². The van der Waals surface area contributed by atoms with Crippen molar-refractivity contribution in [2.75, 3.05) is 13.1 Å². The van der Waals surface area contributed by atoms with E-state index in [1.165, 1.54) is 4.90 Å². The molecule has 134 valence electrons. The SMILES string of the molecule is NC(=O)[C@@H]1CCC(=O)N1C1(C(=O)NCc2ccccc2)CCNCC1. The summed E-state index contributed by atoms with van der Waals surface area (Å²) < 4.78 is 0. The summed E-state index contributed by atoms with van der Waals surface area (Å²) in [5, 5.41) is 6.17. The van der Waals surface area contributed by atoms with Crippen molar-refractivity contribution in [3.05, 3.63) is 35.9 Å². The summed E-state index contributed by atoms with van der Waals surface area (Å²) in [5.74, 6) is -0.917. The van der Waals surface area contributed by atoms with E-state index in [4.69, 9.17) is 5.73 Å². The second-order valence-corrected chi connectivity index (χ2v) is 6.67. The number of hydrogen-bond acceptors (Lipinski definition) is 4. The zero-order chi connectivity index (χ0) is 17.9. The molecule has 7 heteroatoms. The number of carbonyl (C=O) groups is 3. The molecule has 25 heavy (non-hydrogen) atoms. The maximum absolute atomic E-state index is 13.1. The van der Waals surface area contributed by atoms with Gasteiger partial charge < -0.3 is 21.3 Å². The fourth-order valence-corrected chi connectivity index (χ4v) is 3.85. The fraction of sp³-hybridized carbons (Fsp3) is 0.500. The topological polar surface area (TPSA) is 105 Å². The molecule has 0 aliphatic carbocycles. The van der Waals surface area contributed by atoms with Gasteiger partial charge in [-0.1, -0.05) is 30.3 Å². The minimum absolute atomic E-state index is 0.166. The van der Waals surface area contributed by atoms with Gasteiger partial charge in [-0.05, 0) is 37.9 Å². The fourth-order valence-electron chi connectivity index (χ4n) is 3.85. The molecule has 1 aromatic carbocycles. The Hall–Kier alpha value is -2.41. The quantitative estimate of drug-likeness (QED) is 0.694. The van der Waals surface area contributed by atoms with Crippen LogP contribution in [0.2, 0.25) is 0 Å². The number of piperidine rings is 1. The molecule has 3 amide bonds. The van der Waals surface area contributed by atoms with Gasteiger partial charge in [-0.3, -0.25) is 14.4 Å². The van der Waals surface area contributed by atoms with Crippen LogP contribution in [0.1, 0.15) is 31.2 Å². The summed E-state index contributed by atoms with van der Waals surface area (Å²) in [7, 11) is 0. The maximum Gasteiger partial charge on any atom is 0.246 e. The number of benzene rings is 1. The Morgan fingerprint density at radius 2 is 1.92 bits per heavy atom. The number of nitrogens with one attached hydrogen (secondary N) is 2. The lowest BCUT2D eigenvalue weighted by atomic mass is 9.84. The highest BCUT2D eigenvalue weighted by Crippen LogP contribution is 2.34. The smallest absolute Gasteiger partial charge is 0.246 e. The Balaban J connectivity index is 1.83. The highest BCUT2D eigenvalue weighted by Gasteiger charge is 2.53. The van der Waals surface area contributed by atoms with Gasteiger partial charge in [0.15, 0.2) is 0 Å². The lowest BCUT2D eigenvalue weighted by Crippen LogP contribution is -2.66. The standard InChI is InChI=1S/C18H24N4O3/c19-16(24)14-6-7-15(23)22(14)18(8-10-20-11-9-18)17(25)21-12-13-4-2-1-3-5-13/h1-5,14,20H,6-12H2,(H2,19,24)(H,21,25)/t14-/m0/s1. The van der Waals surface area contributed by atoms with Crippen molar-refractivity contribution in [3.63, 3.8) is 0 Å². The van der Waals surface area contributed by atoms with Crippen LogP contribution < -0.4 is 16.4 Å². The zero-order valence-electron chi connectivity index (χ0n) is 14.2. The molecular weight excluding hydrogens is 320 g/mol. The molecule has 0 radical (unpaired) electrons. The van der Waals surface area contributed by atoms with Gasteiger partial charge in [0.1, 0.15) is 11.6 Å². The molecule has 1 aromatic rings. The predicted molar refractivity (Wildman–Crippen MR) is 92.2 cm³/mol. The van der Waals surface area contributed by atoms with Gasteiger partial charge in [0.2, 0.25) is 17.7 Å². The Morgan fingerprint density at radius 1 is 1.24 bits per heavy atom. The van der Waals surface area contributed by atoms with E-state index >= 15 is 0 Å². The molecule has 2 aliphatic heterocycles. The van der Waals surface area contributed by atoms with Crippen LogP contribution >= 0.6 is 0 Å². The van der Waals surface area contributed by atoms with Crippen LogP contribution in [0.15, 0.2) is 30.3 Å². The van der Waals surface area contributed by atoms with Crippen molar-refractivity contribution < 1.29 is 14.4 Å². The summed E-state index contributed by atoms with van der Waals surface area (Å²) in [6.45, 7) is 1.63. The highest BCUT2D eigenvalue weighted by molar-refractivity contribution is 5.97. The lowest BCUT2D eigenvalue weighted by Gasteiger charge is -2.45. The second-order valence-electron chi connectivity index (χ2n) is 6.67. The first-order valence-electron chi connectivity index (χ1n) is 8.69. The summed E-state index contributed by atoms with van der Waals surface area (Å²) in [4.78, 5) is 38.9. The van der Waals surface area contributed by atoms with Gasteiger partial charge in [0.25, 0.3) is 0 Å². The van der Waals surface area contributed by atoms with E-state index in [0.717, 1.165) is 5.56 Å². The van der Waals surface area contributed by atoms with Crippen LogP contribution in [0, 0.1) is 0 Å². The van der Waals surface area contributed by atoms with Gasteiger partial charge >= 0.3 is 0 Å². The number of amides is 3. The number of hydrogen-bond donors (Lipinski definition) is 3. The Kier molecular flexibility index (Phi) is 5.03. The van der Waals surface area contributed by atoms with Gasteiger partial charge in [0, 0.05) is 13.0 Å². The molecular formula is C18H24N4O3. The third-order valence-electron chi connectivity index (χ3n) is 5.15. The van der Waals surface area contributed by atoms with Crippen LogP contribution in [0.4, 0.5) is 0 Å². The minimum atomic E-state index is -1.01. The molecule has 0 spiro atoms. The number of nitrogens with zero attached hydrogens (tertiary/aromatic N) is 1. The van der Waals surface area contributed by atoms with Crippen LogP contribution in [0.3, 0.4) is 0 Å². The molecule has 3 rings (SSSR count). The molecule has 0 saturated carbocycles. The minimum Gasteiger partial charge on any atom is -0.368 e. The van der Waals surface area contributed by atoms with Gasteiger partial charge in [-0.15, -0.1) is 0 Å². The third kappa shape index (κ3) is 3.37. The van der Waals surface area contributed by atoms with E-state index < -0.39 is 17.5 Å². The molecule has 0 unspecified atom stereocenters. The summed E-state index contributed by atoms with van der Waals surface area (Å²) in [5.41, 5.74) is 5.48. The van der Waals surface area contributed by atoms with E-state index in [2.05, 4.69) is 10.6 Å². The number of likely N-dealkylation sites (tertiary alicyclic amines) is 1. The van der Waals surface area contributed by atoms with Gasteiger partial charge in [-0.2, -0.15) is 0 Å². The number of primary amides is 1. The molecule has 2 heterocycles. The first-order valence-corrected chi connectivity index (χ1v) is 8.69. The Morgan fingerprint density at radius 3 is 2.56 bits per heavy atom. The molecule has 0 bridgehead atoms. The summed E-state index contributed by atoms with van der Waals surface area (Å²) in [6, 6.07) is 8.91. The van der Waals surface area contributed by atoms with E-state index in [1.54, 1.807) is 0 Å². The monoisotopic (exact) mass is 344 g/mol. The van der Waals surface area contributed by atoms with Crippen molar-refractivity contribution in [3.8, 4) is 0 Å². The summed E-state index contributed by atoms with van der Waals surface area (Å²) in [6.07, 6.45) is 1.59. The average Bonchev–Trinajstić information content (AvgIpc) is 3.03. The first kappa shape index (κ1) is 17.4. The zero-order valence-corrected chi connectivity index (χ0v) is 14.2. The Bertz CT molecular complexity index is 656. The molecule has 0 aromatic heterocycles.